The molecular formula is C17H20ClFN2O4. The van der Waals surface area contributed by atoms with E-state index >= 15 is 0 Å². The van der Waals surface area contributed by atoms with Gasteiger partial charge in [-0.2, -0.15) is 0 Å². The van der Waals surface area contributed by atoms with E-state index in [-0.39, 0.29) is 43.8 Å². The largest absolute Gasteiger partial charge is 0.486 e. The van der Waals surface area contributed by atoms with Crippen LogP contribution in [0.4, 0.5) is 4.39 Å². The third-order valence-corrected chi connectivity index (χ3v) is 4.68. The highest BCUT2D eigenvalue weighted by molar-refractivity contribution is 6.31. The van der Waals surface area contributed by atoms with Crippen molar-refractivity contribution in [2.75, 3.05) is 26.3 Å². The second kappa shape index (κ2) is 7.47. The highest BCUT2D eigenvalue weighted by Gasteiger charge is 2.35. The van der Waals surface area contributed by atoms with Gasteiger partial charge < -0.3 is 19.7 Å². The lowest BCUT2D eigenvalue weighted by molar-refractivity contribution is -0.132. The van der Waals surface area contributed by atoms with E-state index in [1.54, 1.807) is 12.1 Å². The van der Waals surface area contributed by atoms with E-state index in [2.05, 4.69) is 5.32 Å². The van der Waals surface area contributed by atoms with Crippen molar-refractivity contribution in [3.63, 3.8) is 0 Å². The second-order valence-electron chi connectivity index (χ2n) is 6.23. The number of nitrogens with one attached hydrogen (secondary N) is 1. The molecule has 1 fully saturated rings. The summed E-state index contributed by atoms with van der Waals surface area (Å²) < 4.78 is 24.8. The molecular weight excluding hydrogens is 351 g/mol. The zero-order valence-corrected chi connectivity index (χ0v) is 14.6. The van der Waals surface area contributed by atoms with Gasteiger partial charge in [-0.1, -0.05) is 11.6 Å². The number of carbonyl (C=O) groups is 2. The predicted octanol–water partition coefficient (Wildman–Crippen LogP) is 1.73. The van der Waals surface area contributed by atoms with Gasteiger partial charge in [0.15, 0.2) is 11.5 Å². The number of benzene rings is 1. The molecule has 0 aliphatic carbocycles. The van der Waals surface area contributed by atoms with Gasteiger partial charge in [0.25, 0.3) is 0 Å². The van der Waals surface area contributed by atoms with Gasteiger partial charge in [0, 0.05) is 31.0 Å². The van der Waals surface area contributed by atoms with E-state index in [0.717, 1.165) is 0 Å². The summed E-state index contributed by atoms with van der Waals surface area (Å²) in [6, 6.07) is 2.98. The molecule has 1 aromatic rings. The maximum absolute atomic E-state index is 13.8. The summed E-state index contributed by atoms with van der Waals surface area (Å²) in [4.78, 5) is 25.2. The summed E-state index contributed by atoms with van der Waals surface area (Å²) in [5.74, 6) is 0.678. The molecule has 0 saturated carbocycles. The summed E-state index contributed by atoms with van der Waals surface area (Å²) >= 11 is 6.24. The zero-order chi connectivity index (χ0) is 18.0. The van der Waals surface area contributed by atoms with Gasteiger partial charge in [0.05, 0.1) is 19.0 Å². The fraction of sp³-hybridized carbons (Fsp3) is 0.529. The Hall–Kier alpha value is -2.02. The molecule has 2 heterocycles. The van der Waals surface area contributed by atoms with Gasteiger partial charge in [0.1, 0.15) is 19.4 Å². The Morgan fingerprint density at radius 2 is 2.00 bits per heavy atom. The number of alkyl halides is 1. The lowest BCUT2D eigenvalue weighted by Crippen LogP contribution is -2.43. The molecule has 1 N–H and O–H groups in total. The first-order valence-electron chi connectivity index (χ1n) is 8.20. The minimum Gasteiger partial charge on any atom is -0.486 e. The number of halogens is 2. The average molecular weight is 371 g/mol. The van der Waals surface area contributed by atoms with Crippen LogP contribution in [0.5, 0.6) is 11.5 Å². The smallest absolute Gasteiger partial charge is 0.227 e. The van der Waals surface area contributed by atoms with Crippen molar-refractivity contribution in [1.82, 2.24) is 10.2 Å². The lowest BCUT2D eigenvalue weighted by atomic mass is 10.1. The van der Waals surface area contributed by atoms with Crippen LogP contribution in [0.15, 0.2) is 12.1 Å². The van der Waals surface area contributed by atoms with Crippen molar-refractivity contribution < 1.29 is 23.5 Å². The zero-order valence-electron chi connectivity index (χ0n) is 13.9. The minimum absolute atomic E-state index is 0.0330. The van der Waals surface area contributed by atoms with Crippen LogP contribution in [0, 0.1) is 0 Å². The van der Waals surface area contributed by atoms with E-state index in [4.69, 9.17) is 21.1 Å². The SMILES string of the molecule is CC(=O)NC[C@@H]1C[C@H](F)CN1C(=O)Cc1cc2c(cc1Cl)OCCO2. The molecule has 0 bridgehead atoms. The van der Waals surface area contributed by atoms with Crippen LogP contribution >= 0.6 is 11.6 Å². The van der Waals surface area contributed by atoms with Gasteiger partial charge in [-0.15, -0.1) is 0 Å². The number of hydrogen-bond donors (Lipinski definition) is 1. The number of nitrogens with zero attached hydrogens (tertiary/aromatic N) is 1. The molecule has 0 aromatic heterocycles. The van der Waals surface area contributed by atoms with Crippen molar-refractivity contribution in [2.24, 2.45) is 0 Å². The summed E-state index contributed by atoms with van der Waals surface area (Å²) in [5, 5.41) is 3.06. The first-order valence-corrected chi connectivity index (χ1v) is 8.58. The number of ether oxygens (including phenoxy) is 2. The van der Waals surface area contributed by atoms with E-state index in [0.29, 0.717) is 35.3 Å². The van der Waals surface area contributed by atoms with Crippen molar-refractivity contribution >= 4 is 23.4 Å². The normalized spacial score (nSPS) is 22.0. The summed E-state index contributed by atoms with van der Waals surface area (Å²) in [5.41, 5.74) is 0.608. The van der Waals surface area contributed by atoms with Crippen LogP contribution in [0.1, 0.15) is 18.9 Å². The van der Waals surface area contributed by atoms with Crippen LogP contribution in [-0.2, 0) is 16.0 Å². The Labute approximate surface area is 150 Å². The minimum atomic E-state index is -1.08. The Morgan fingerprint density at radius 3 is 2.68 bits per heavy atom. The molecule has 2 atom stereocenters. The fourth-order valence-corrected chi connectivity index (χ4v) is 3.35. The van der Waals surface area contributed by atoms with Crippen molar-refractivity contribution in [3.05, 3.63) is 22.7 Å². The fourth-order valence-electron chi connectivity index (χ4n) is 3.13. The lowest BCUT2D eigenvalue weighted by Gasteiger charge is -2.25. The number of likely N-dealkylation sites (tertiary alicyclic amines) is 1. The van der Waals surface area contributed by atoms with Gasteiger partial charge in [-0.25, -0.2) is 4.39 Å². The maximum atomic E-state index is 13.8. The van der Waals surface area contributed by atoms with Crippen molar-refractivity contribution in [2.45, 2.75) is 32.0 Å². The van der Waals surface area contributed by atoms with Crippen LogP contribution in [-0.4, -0.2) is 55.2 Å². The predicted molar refractivity (Wildman–Crippen MR) is 89.8 cm³/mol. The van der Waals surface area contributed by atoms with Crippen LogP contribution in [0.3, 0.4) is 0 Å². The quantitative estimate of drug-likeness (QED) is 0.876. The molecule has 0 unspecified atom stereocenters. The number of hydrogen-bond acceptors (Lipinski definition) is 4. The standard InChI is InChI=1S/C17H20ClFN2O4/c1-10(22)20-8-13-6-12(19)9-21(13)17(23)5-11-4-15-16(7-14(11)18)25-3-2-24-15/h4,7,12-13H,2-3,5-6,8-9H2,1H3,(H,20,22)/t12-,13-/m0/s1. The Balaban J connectivity index is 1.71. The summed E-state index contributed by atoms with van der Waals surface area (Å²) in [6.45, 7) is 2.57. The van der Waals surface area contributed by atoms with E-state index < -0.39 is 6.17 Å². The molecule has 1 aromatic carbocycles. The van der Waals surface area contributed by atoms with Gasteiger partial charge in [0.2, 0.25) is 11.8 Å². The topological polar surface area (TPSA) is 67.9 Å². The molecule has 25 heavy (non-hydrogen) atoms. The molecule has 2 amide bonds. The second-order valence-corrected chi connectivity index (χ2v) is 6.64. The van der Waals surface area contributed by atoms with Crippen molar-refractivity contribution in [3.8, 4) is 11.5 Å². The van der Waals surface area contributed by atoms with Crippen LogP contribution in [0.2, 0.25) is 5.02 Å². The van der Waals surface area contributed by atoms with Gasteiger partial charge >= 0.3 is 0 Å². The van der Waals surface area contributed by atoms with E-state index in [1.165, 1.54) is 11.8 Å². The summed E-state index contributed by atoms with van der Waals surface area (Å²) in [6.07, 6.45) is -0.821. The highest BCUT2D eigenvalue weighted by atomic mass is 35.5. The molecule has 2 aliphatic heterocycles. The first kappa shape index (κ1) is 17.8. The number of fused-ring (bicyclic) bond motifs is 1. The maximum Gasteiger partial charge on any atom is 0.227 e. The van der Waals surface area contributed by atoms with Crippen LogP contribution in [0.25, 0.3) is 0 Å². The molecule has 0 spiro atoms. The third kappa shape index (κ3) is 4.15. The van der Waals surface area contributed by atoms with Gasteiger partial charge in [-0.3, -0.25) is 9.59 Å². The summed E-state index contributed by atoms with van der Waals surface area (Å²) in [7, 11) is 0. The average Bonchev–Trinajstić information content (AvgIpc) is 2.94. The first-order chi connectivity index (χ1) is 11.9. The third-order valence-electron chi connectivity index (χ3n) is 4.32. The Bertz CT molecular complexity index is 685. The van der Waals surface area contributed by atoms with E-state index in [9.17, 15) is 14.0 Å². The number of amides is 2. The number of rotatable bonds is 4. The molecule has 2 aliphatic rings. The Kier molecular flexibility index (Phi) is 5.32. The Morgan fingerprint density at radius 1 is 1.32 bits per heavy atom. The monoisotopic (exact) mass is 370 g/mol. The van der Waals surface area contributed by atoms with E-state index in [1.807, 2.05) is 0 Å². The van der Waals surface area contributed by atoms with Crippen LogP contribution < -0.4 is 14.8 Å². The molecule has 0 radical (unpaired) electrons. The highest BCUT2D eigenvalue weighted by Crippen LogP contribution is 2.36. The van der Waals surface area contributed by atoms with Crippen molar-refractivity contribution in [1.29, 1.82) is 0 Å². The molecule has 1 saturated heterocycles. The molecule has 136 valence electrons. The molecule has 8 heteroatoms. The van der Waals surface area contributed by atoms with Gasteiger partial charge in [-0.05, 0) is 11.6 Å². The molecule has 3 rings (SSSR count). The number of carbonyl (C=O) groups excluding carboxylic acids is 2. The molecule has 6 nitrogen and oxygen atoms in total.